The van der Waals surface area contributed by atoms with E-state index in [0.717, 1.165) is 17.0 Å². The Kier molecular flexibility index (Phi) is 3.14. The monoisotopic (exact) mass is 245 g/mol. The SMILES string of the molecule is COc1ccc2c(/C=C/[N+](=O)[O-])c(O)ccc2c1. The van der Waals surface area contributed by atoms with Gasteiger partial charge < -0.3 is 9.84 Å². The van der Waals surface area contributed by atoms with Crippen molar-refractivity contribution in [3.05, 3.63) is 52.2 Å². The standard InChI is InChI=1S/C13H11NO4/c1-18-10-3-4-11-9(8-10)2-5-13(15)12(11)6-7-14(16)17/h2-8,15H,1H3/b7-6+. The topological polar surface area (TPSA) is 72.6 Å². The Morgan fingerprint density at radius 2 is 2.11 bits per heavy atom. The van der Waals surface area contributed by atoms with E-state index in [1.165, 1.54) is 12.1 Å². The first-order valence-electron chi connectivity index (χ1n) is 5.23. The number of rotatable bonds is 3. The van der Waals surface area contributed by atoms with Gasteiger partial charge in [-0.2, -0.15) is 0 Å². The van der Waals surface area contributed by atoms with Gasteiger partial charge >= 0.3 is 0 Å². The van der Waals surface area contributed by atoms with Gasteiger partial charge in [-0.25, -0.2) is 0 Å². The van der Waals surface area contributed by atoms with Gasteiger partial charge in [0.2, 0.25) is 6.20 Å². The molecular formula is C13H11NO4. The molecule has 2 rings (SSSR count). The summed E-state index contributed by atoms with van der Waals surface area (Å²) in [5, 5.41) is 21.7. The zero-order valence-electron chi connectivity index (χ0n) is 9.66. The Morgan fingerprint density at radius 1 is 1.33 bits per heavy atom. The molecule has 0 radical (unpaired) electrons. The number of ether oxygens (including phenoxy) is 1. The average Bonchev–Trinajstić information content (AvgIpc) is 2.36. The Morgan fingerprint density at radius 3 is 2.78 bits per heavy atom. The van der Waals surface area contributed by atoms with Gasteiger partial charge in [-0.1, -0.05) is 6.07 Å². The molecule has 2 aromatic rings. The van der Waals surface area contributed by atoms with Crippen molar-refractivity contribution in [3.8, 4) is 11.5 Å². The van der Waals surface area contributed by atoms with E-state index in [-0.39, 0.29) is 5.75 Å². The van der Waals surface area contributed by atoms with Crippen LogP contribution in [-0.2, 0) is 0 Å². The fraction of sp³-hybridized carbons (Fsp3) is 0.0769. The highest BCUT2D eigenvalue weighted by molar-refractivity contribution is 5.93. The van der Waals surface area contributed by atoms with Crippen LogP contribution in [0.15, 0.2) is 36.5 Å². The third-order valence-corrected chi connectivity index (χ3v) is 2.61. The minimum absolute atomic E-state index is 0.00534. The van der Waals surface area contributed by atoms with E-state index in [4.69, 9.17) is 4.74 Å². The number of nitrogens with zero attached hydrogens (tertiary/aromatic N) is 1. The van der Waals surface area contributed by atoms with Crippen molar-refractivity contribution in [1.29, 1.82) is 0 Å². The van der Waals surface area contributed by atoms with Crippen LogP contribution in [0, 0.1) is 10.1 Å². The van der Waals surface area contributed by atoms with Crippen LogP contribution in [0.5, 0.6) is 11.5 Å². The Balaban J connectivity index is 2.63. The zero-order valence-corrected chi connectivity index (χ0v) is 9.66. The van der Waals surface area contributed by atoms with Crippen LogP contribution in [0.1, 0.15) is 5.56 Å². The van der Waals surface area contributed by atoms with Gasteiger partial charge in [-0.05, 0) is 35.0 Å². The average molecular weight is 245 g/mol. The molecule has 0 aliphatic carbocycles. The van der Waals surface area contributed by atoms with Crippen molar-refractivity contribution in [2.24, 2.45) is 0 Å². The lowest BCUT2D eigenvalue weighted by atomic mass is 10.0. The maximum absolute atomic E-state index is 10.3. The van der Waals surface area contributed by atoms with Gasteiger partial charge in [-0.3, -0.25) is 10.1 Å². The maximum atomic E-state index is 10.3. The summed E-state index contributed by atoms with van der Waals surface area (Å²) in [7, 11) is 1.56. The summed E-state index contributed by atoms with van der Waals surface area (Å²) in [5.41, 5.74) is 0.423. The van der Waals surface area contributed by atoms with Crippen molar-refractivity contribution >= 4 is 16.8 Å². The highest BCUT2D eigenvalue weighted by Crippen LogP contribution is 2.30. The molecular weight excluding hydrogens is 234 g/mol. The molecule has 0 aromatic heterocycles. The van der Waals surface area contributed by atoms with Crippen LogP contribution in [0.3, 0.4) is 0 Å². The number of hydrogen-bond donors (Lipinski definition) is 1. The summed E-state index contributed by atoms with van der Waals surface area (Å²) in [6, 6.07) is 8.54. The number of methoxy groups -OCH3 is 1. The number of phenolic OH excluding ortho intramolecular Hbond substituents is 1. The number of benzene rings is 2. The summed E-state index contributed by atoms with van der Waals surface area (Å²) < 4.78 is 5.10. The second-order valence-electron chi connectivity index (χ2n) is 3.69. The lowest BCUT2D eigenvalue weighted by molar-refractivity contribution is -0.400. The minimum atomic E-state index is -0.568. The van der Waals surface area contributed by atoms with E-state index in [1.807, 2.05) is 0 Å². The normalized spacial score (nSPS) is 10.9. The molecule has 0 atom stereocenters. The Labute approximate surface area is 103 Å². The highest BCUT2D eigenvalue weighted by atomic mass is 16.6. The maximum Gasteiger partial charge on any atom is 0.235 e. The number of phenols is 1. The van der Waals surface area contributed by atoms with E-state index >= 15 is 0 Å². The quantitative estimate of drug-likeness (QED) is 0.666. The number of nitro groups is 1. The first-order valence-corrected chi connectivity index (χ1v) is 5.23. The number of aromatic hydroxyl groups is 1. The van der Waals surface area contributed by atoms with Crippen LogP contribution in [0.4, 0.5) is 0 Å². The van der Waals surface area contributed by atoms with Gasteiger partial charge in [0, 0.05) is 11.6 Å². The Bertz CT molecular complexity index is 634. The summed E-state index contributed by atoms with van der Waals surface area (Å²) in [6.45, 7) is 0. The van der Waals surface area contributed by atoms with E-state index < -0.39 is 4.92 Å². The van der Waals surface area contributed by atoms with E-state index in [2.05, 4.69) is 0 Å². The van der Waals surface area contributed by atoms with Crippen LogP contribution < -0.4 is 4.74 Å². The van der Waals surface area contributed by atoms with Gasteiger partial charge in [0.1, 0.15) is 11.5 Å². The second-order valence-corrected chi connectivity index (χ2v) is 3.69. The molecule has 5 nitrogen and oxygen atoms in total. The predicted octanol–water partition coefficient (Wildman–Crippen LogP) is 2.80. The van der Waals surface area contributed by atoms with Gasteiger partial charge in [0.15, 0.2) is 0 Å². The molecule has 2 aromatic carbocycles. The van der Waals surface area contributed by atoms with Gasteiger partial charge in [0.05, 0.1) is 12.0 Å². The van der Waals surface area contributed by atoms with E-state index in [0.29, 0.717) is 11.3 Å². The molecule has 0 saturated heterocycles. The van der Waals surface area contributed by atoms with Crippen LogP contribution >= 0.6 is 0 Å². The molecule has 5 heteroatoms. The second kappa shape index (κ2) is 4.75. The van der Waals surface area contributed by atoms with Crippen molar-refractivity contribution < 1.29 is 14.8 Å². The van der Waals surface area contributed by atoms with Crippen LogP contribution in [-0.4, -0.2) is 17.1 Å². The largest absolute Gasteiger partial charge is 0.507 e. The molecule has 1 N–H and O–H groups in total. The molecule has 0 spiro atoms. The van der Waals surface area contributed by atoms with Crippen molar-refractivity contribution in [3.63, 3.8) is 0 Å². The summed E-state index contributed by atoms with van der Waals surface area (Å²) in [5.74, 6) is 0.697. The molecule has 0 unspecified atom stereocenters. The third kappa shape index (κ3) is 2.24. The van der Waals surface area contributed by atoms with E-state index in [1.54, 1.807) is 31.4 Å². The molecule has 0 bridgehead atoms. The number of fused-ring (bicyclic) bond motifs is 1. The predicted molar refractivity (Wildman–Crippen MR) is 68.2 cm³/mol. The first kappa shape index (κ1) is 11.9. The zero-order chi connectivity index (χ0) is 13.1. The molecule has 0 saturated carbocycles. The molecule has 0 aliphatic rings. The Hall–Kier alpha value is -2.56. The summed E-state index contributed by atoms with van der Waals surface area (Å²) in [4.78, 5) is 9.77. The molecule has 0 heterocycles. The molecule has 0 aliphatic heterocycles. The van der Waals surface area contributed by atoms with Gasteiger partial charge in [-0.15, -0.1) is 0 Å². The highest BCUT2D eigenvalue weighted by Gasteiger charge is 2.06. The number of hydrogen-bond acceptors (Lipinski definition) is 4. The molecule has 0 amide bonds. The van der Waals surface area contributed by atoms with Crippen molar-refractivity contribution in [2.45, 2.75) is 0 Å². The lowest BCUT2D eigenvalue weighted by Gasteiger charge is -2.06. The van der Waals surface area contributed by atoms with Crippen molar-refractivity contribution in [2.75, 3.05) is 7.11 Å². The lowest BCUT2D eigenvalue weighted by Crippen LogP contribution is -1.86. The minimum Gasteiger partial charge on any atom is -0.507 e. The van der Waals surface area contributed by atoms with Crippen molar-refractivity contribution in [1.82, 2.24) is 0 Å². The fourth-order valence-electron chi connectivity index (χ4n) is 1.76. The fourth-order valence-corrected chi connectivity index (χ4v) is 1.76. The molecule has 0 fully saturated rings. The molecule has 92 valence electrons. The third-order valence-electron chi connectivity index (χ3n) is 2.61. The first-order chi connectivity index (χ1) is 8.61. The van der Waals surface area contributed by atoms with Crippen LogP contribution in [0.2, 0.25) is 0 Å². The summed E-state index contributed by atoms with van der Waals surface area (Å²) in [6.07, 6.45) is 2.09. The van der Waals surface area contributed by atoms with E-state index in [9.17, 15) is 15.2 Å². The summed E-state index contributed by atoms with van der Waals surface area (Å²) >= 11 is 0. The van der Waals surface area contributed by atoms with Gasteiger partial charge in [0.25, 0.3) is 0 Å². The smallest absolute Gasteiger partial charge is 0.235 e. The molecule has 18 heavy (non-hydrogen) atoms. The van der Waals surface area contributed by atoms with Crippen LogP contribution in [0.25, 0.3) is 16.8 Å².